The topological polar surface area (TPSA) is 50.4 Å². The summed E-state index contributed by atoms with van der Waals surface area (Å²) < 4.78 is 4.65. The SMILES string of the molecule is COC(=O)Cc1ccc(NC(=S)NCCSc2ccc(Cl)cc2)cc1. The van der Waals surface area contributed by atoms with Gasteiger partial charge in [-0.05, 0) is 54.2 Å². The van der Waals surface area contributed by atoms with Crippen LogP contribution in [0.5, 0.6) is 0 Å². The van der Waals surface area contributed by atoms with Crippen LogP contribution < -0.4 is 10.6 Å². The molecule has 2 aromatic carbocycles. The van der Waals surface area contributed by atoms with Gasteiger partial charge in [-0.1, -0.05) is 23.7 Å². The highest BCUT2D eigenvalue weighted by atomic mass is 35.5. The molecule has 2 N–H and O–H groups in total. The Hall–Kier alpha value is -1.76. The van der Waals surface area contributed by atoms with Crippen LogP contribution in [0, 0.1) is 0 Å². The van der Waals surface area contributed by atoms with Gasteiger partial charge in [0.2, 0.25) is 0 Å². The molecule has 0 saturated carbocycles. The Bertz CT molecular complexity index is 706. The van der Waals surface area contributed by atoms with Crippen molar-refractivity contribution in [2.24, 2.45) is 0 Å². The molecule has 0 saturated heterocycles. The third-order valence-corrected chi connectivity index (χ3v) is 4.77. The number of carbonyl (C=O) groups excluding carboxylic acids is 1. The van der Waals surface area contributed by atoms with E-state index in [0.717, 1.165) is 28.6 Å². The molecule has 0 aliphatic carbocycles. The Morgan fingerprint density at radius 1 is 1.16 bits per heavy atom. The third-order valence-electron chi connectivity index (χ3n) is 3.26. The van der Waals surface area contributed by atoms with Crippen molar-refractivity contribution in [3.63, 3.8) is 0 Å². The van der Waals surface area contributed by atoms with Crippen molar-refractivity contribution >= 4 is 52.3 Å². The Balaban J connectivity index is 1.69. The molecule has 2 rings (SSSR count). The minimum atomic E-state index is -0.254. The molecule has 0 atom stereocenters. The number of halogens is 1. The van der Waals surface area contributed by atoms with Crippen LogP contribution in [0.15, 0.2) is 53.4 Å². The van der Waals surface area contributed by atoms with Crippen LogP contribution in [-0.2, 0) is 16.0 Å². The number of hydrogen-bond donors (Lipinski definition) is 2. The van der Waals surface area contributed by atoms with Crippen molar-refractivity contribution in [1.29, 1.82) is 0 Å². The fourth-order valence-corrected chi connectivity index (χ4v) is 3.10. The van der Waals surface area contributed by atoms with Crippen LogP contribution in [0.4, 0.5) is 5.69 Å². The Morgan fingerprint density at radius 3 is 2.48 bits per heavy atom. The zero-order valence-corrected chi connectivity index (χ0v) is 16.1. The van der Waals surface area contributed by atoms with E-state index >= 15 is 0 Å². The molecule has 0 radical (unpaired) electrons. The highest BCUT2D eigenvalue weighted by molar-refractivity contribution is 7.99. The number of benzene rings is 2. The summed E-state index contributed by atoms with van der Waals surface area (Å²) in [5, 5.41) is 7.60. The molecular weight excluding hydrogens is 376 g/mol. The van der Waals surface area contributed by atoms with Gasteiger partial charge in [0.05, 0.1) is 13.5 Å². The molecule has 0 bridgehead atoms. The quantitative estimate of drug-likeness (QED) is 0.318. The average Bonchev–Trinajstić information content (AvgIpc) is 2.62. The lowest BCUT2D eigenvalue weighted by Gasteiger charge is -2.11. The van der Waals surface area contributed by atoms with Crippen LogP contribution in [-0.4, -0.2) is 30.5 Å². The van der Waals surface area contributed by atoms with Gasteiger partial charge < -0.3 is 15.4 Å². The van der Waals surface area contributed by atoms with E-state index in [0.29, 0.717) is 5.11 Å². The predicted molar refractivity (Wildman–Crippen MR) is 109 cm³/mol. The van der Waals surface area contributed by atoms with Crippen LogP contribution >= 0.6 is 35.6 Å². The normalized spacial score (nSPS) is 10.2. The van der Waals surface area contributed by atoms with Gasteiger partial charge in [-0.3, -0.25) is 4.79 Å². The molecule has 0 aliphatic heterocycles. The van der Waals surface area contributed by atoms with Crippen LogP contribution in [0.1, 0.15) is 5.56 Å². The number of hydrogen-bond acceptors (Lipinski definition) is 4. The summed E-state index contributed by atoms with van der Waals surface area (Å²) in [7, 11) is 1.38. The first-order valence-corrected chi connectivity index (χ1v) is 9.43. The fraction of sp³-hybridized carbons (Fsp3) is 0.222. The van der Waals surface area contributed by atoms with Crippen molar-refractivity contribution in [2.45, 2.75) is 11.3 Å². The van der Waals surface area contributed by atoms with Crippen molar-refractivity contribution in [2.75, 3.05) is 24.7 Å². The zero-order valence-electron chi connectivity index (χ0n) is 13.8. The monoisotopic (exact) mass is 394 g/mol. The molecule has 4 nitrogen and oxygen atoms in total. The standard InChI is InChI=1S/C18H19ClN2O2S2/c1-23-17(22)12-13-2-6-15(7-3-13)21-18(24)20-10-11-25-16-8-4-14(19)5-9-16/h2-9H,10-12H2,1H3,(H2,20,21,24). The molecule has 0 aliphatic rings. The minimum absolute atomic E-state index is 0.254. The van der Waals surface area contributed by atoms with Crippen LogP contribution in [0.25, 0.3) is 0 Å². The third kappa shape index (κ3) is 7.34. The maximum absolute atomic E-state index is 11.2. The number of methoxy groups -OCH3 is 1. The van der Waals surface area contributed by atoms with Gasteiger partial charge in [-0.2, -0.15) is 0 Å². The second kappa shape index (κ2) is 10.3. The van der Waals surface area contributed by atoms with Crippen molar-refractivity contribution in [3.05, 3.63) is 59.1 Å². The number of thiocarbonyl (C=S) groups is 1. The number of ether oxygens (including phenoxy) is 1. The Kier molecular flexibility index (Phi) is 8.04. The molecular formula is C18H19ClN2O2S2. The van der Waals surface area contributed by atoms with E-state index in [2.05, 4.69) is 15.4 Å². The number of esters is 1. The summed E-state index contributed by atoms with van der Waals surface area (Å²) in [6.07, 6.45) is 0.265. The summed E-state index contributed by atoms with van der Waals surface area (Å²) in [6.45, 7) is 0.750. The maximum atomic E-state index is 11.2. The number of thioether (sulfide) groups is 1. The lowest BCUT2D eigenvalue weighted by Crippen LogP contribution is -2.30. The summed E-state index contributed by atoms with van der Waals surface area (Å²) in [4.78, 5) is 12.4. The summed E-state index contributed by atoms with van der Waals surface area (Å²) >= 11 is 12.9. The number of carbonyl (C=O) groups is 1. The van der Waals surface area contributed by atoms with Crippen LogP contribution in [0.2, 0.25) is 5.02 Å². The highest BCUT2D eigenvalue weighted by Gasteiger charge is 2.03. The molecule has 0 fully saturated rings. The Morgan fingerprint density at radius 2 is 1.84 bits per heavy atom. The first-order valence-electron chi connectivity index (χ1n) is 7.66. The van der Waals surface area contributed by atoms with Crippen molar-refractivity contribution < 1.29 is 9.53 Å². The molecule has 132 valence electrons. The second-order valence-corrected chi connectivity index (χ2v) is 7.15. The average molecular weight is 395 g/mol. The van der Waals surface area contributed by atoms with Crippen LogP contribution in [0.3, 0.4) is 0 Å². The predicted octanol–water partition coefficient (Wildman–Crippen LogP) is 4.13. The fourth-order valence-electron chi connectivity index (χ4n) is 1.98. The van der Waals surface area contributed by atoms with Gasteiger partial charge in [0.15, 0.2) is 5.11 Å². The van der Waals surface area contributed by atoms with Gasteiger partial charge in [0.1, 0.15) is 0 Å². The Labute approximate surface area is 162 Å². The first-order chi connectivity index (χ1) is 12.1. The van der Waals surface area contributed by atoms with E-state index in [9.17, 15) is 4.79 Å². The molecule has 0 amide bonds. The van der Waals surface area contributed by atoms with Gasteiger partial charge in [-0.15, -0.1) is 11.8 Å². The molecule has 25 heavy (non-hydrogen) atoms. The van der Waals surface area contributed by atoms with Gasteiger partial charge >= 0.3 is 5.97 Å². The van der Waals surface area contributed by atoms with E-state index in [1.54, 1.807) is 11.8 Å². The first kappa shape index (κ1) is 19.6. The molecule has 0 spiro atoms. The van der Waals surface area contributed by atoms with E-state index in [1.165, 1.54) is 12.0 Å². The second-order valence-electron chi connectivity index (χ2n) is 5.13. The summed E-state index contributed by atoms with van der Waals surface area (Å²) in [6, 6.07) is 15.3. The van der Waals surface area contributed by atoms with E-state index in [4.69, 9.17) is 23.8 Å². The molecule has 2 aromatic rings. The number of rotatable bonds is 7. The summed E-state index contributed by atoms with van der Waals surface area (Å²) in [5.74, 6) is 0.637. The molecule has 0 aromatic heterocycles. The lowest BCUT2D eigenvalue weighted by atomic mass is 10.1. The maximum Gasteiger partial charge on any atom is 0.309 e. The largest absolute Gasteiger partial charge is 0.469 e. The molecule has 0 unspecified atom stereocenters. The lowest BCUT2D eigenvalue weighted by molar-refractivity contribution is -0.139. The van der Waals surface area contributed by atoms with E-state index in [-0.39, 0.29) is 12.4 Å². The van der Waals surface area contributed by atoms with Crippen molar-refractivity contribution in [3.8, 4) is 0 Å². The molecule has 0 heterocycles. The zero-order chi connectivity index (χ0) is 18.1. The highest BCUT2D eigenvalue weighted by Crippen LogP contribution is 2.19. The van der Waals surface area contributed by atoms with Gasteiger partial charge in [-0.25, -0.2) is 0 Å². The number of nitrogens with one attached hydrogen (secondary N) is 2. The number of anilines is 1. The minimum Gasteiger partial charge on any atom is -0.469 e. The van der Waals surface area contributed by atoms with Crippen molar-refractivity contribution in [1.82, 2.24) is 5.32 Å². The van der Waals surface area contributed by atoms with E-state index in [1.807, 2.05) is 48.5 Å². The molecule has 7 heteroatoms. The summed E-state index contributed by atoms with van der Waals surface area (Å²) in [5.41, 5.74) is 1.77. The van der Waals surface area contributed by atoms with Gasteiger partial charge in [0, 0.05) is 27.9 Å². The van der Waals surface area contributed by atoms with Gasteiger partial charge in [0.25, 0.3) is 0 Å². The smallest absolute Gasteiger partial charge is 0.309 e. The van der Waals surface area contributed by atoms with E-state index < -0.39 is 0 Å².